The van der Waals surface area contributed by atoms with Crippen LogP contribution in [0, 0.1) is 11.6 Å². The Kier molecular flexibility index (Phi) is 6.02. The highest BCUT2D eigenvalue weighted by Gasteiger charge is 2.34. The Hall–Kier alpha value is -2.52. The van der Waals surface area contributed by atoms with E-state index in [1.807, 2.05) is 4.90 Å². The van der Waals surface area contributed by atoms with Crippen molar-refractivity contribution in [2.75, 3.05) is 39.5 Å². The zero-order chi connectivity index (χ0) is 19.4. The van der Waals surface area contributed by atoms with Crippen molar-refractivity contribution in [1.82, 2.24) is 15.5 Å². The van der Waals surface area contributed by atoms with Gasteiger partial charge in [0.1, 0.15) is 0 Å². The summed E-state index contributed by atoms with van der Waals surface area (Å²) in [7, 11) is 0. The smallest absolute Gasteiger partial charge is 0.338 e. The van der Waals surface area contributed by atoms with Crippen LogP contribution >= 0.6 is 0 Å². The number of urea groups is 1. The van der Waals surface area contributed by atoms with Crippen LogP contribution in [0.5, 0.6) is 0 Å². The number of hydrogen-bond acceptors (Lipinski definition) is 5. The first-order valence-electron chi connectivity index (χ1n) is 8.72. The molecule has 27 heavy (non-hydrogen) atoms. The molecule has 1 aromatic rings. The van der Waals surface area contributed by atoms with E-state index in [9.17, 15) is 18.4 Å². The number of benzene rings is 1. The van der Waals surface area contributed by atoms with Crippen molar-refractivity contribution in [1.29, 1.82) is 0 Å². The number of nitrogens with one attached hydrogen (secondary N) is 2. The van der Waals surface area contributed by atoms with Gasteiger partial charge in [0.25, 0.3) is 0 Å². The fourth-order valence-electron chi connectivity index (χ4n) is 3.12. The van der Waals surface area contributed by atoms with Crippen molar-refractivity contribution < 1.29 is 27.8 Å². The summed E-state index contributed by atoms with van der Waals surface area (Å²) in [4.78, 5) is 26.8. The Morgan fingerprint density at radius 3 is 2.70 bits per heavy atom. The van der Waals surface area contributed by atoms with E-state index in [-0.39, 0.29) is 17.7 Å². The standard InChI is InChI=1S/C18H21F2N3O4/c1-2-27-17(24)15-14(10-23-5-7-26-8-6-23)21-18(25)22-16(15)11-3-4-12(19)13(20)9-11/h3-4,9,16H,2,5-8,10H2,1H3,(H2,21,22,25). The zero-order valence-corrected chi connectivity index (χ0v) is 14.9. The first-order chi connectivity index (χ1) is 13.0. The quantitative estimate of drug-likeness (QED) is 0.755. The Balaban J connectivity index is 2.00. The van der Waals surface area contributed by atoms with E-state index in [2.05, 4.69) is 10.6 Å². The predicted octanol–water partition coefficient (Wildman–Crippen LogP) is 1.47. The summed E-state index contributed by atoms with van der Waals surface area (Å²) in [6.45, 7) is 4.54. The lowest BCUT2D eigenvalue weighted by Crippen LogP contribution is -2.49. The third-order valence-electron chi connectivity index (χ3n) is 4.41. The summed E-state index contributed by atoms with van der Waals surface area (Å²) in [5, 5.41) is 5.25. The van der Waals surface area contributed by atoms with Gasteiger partial charge in [0.15, 0.2) is 11.6 Å². The Bertz CT molecular complexity index is 763. The Morgan fingerprint density at radius 1 is 1.30 bits per heavy atom. The molecular weight excluding hydrogens is 360 g/mol. The number of morpholine rings is 1. The lowest BCUT2D eigenvalue weighted by atomic mass is 9.94. The van der Waals surface area contributed by atoms with Gasteiger partial charge in [-0.1, -0.05) is 6.07 Å². The minimum atomic E-state index is -1.06. The molecule has 1 atom stereocenters. The topological polar surface area (TPSA) is 79.9 Å². The molecule has 146 valence electrons. The number of carbonyl (C=O) groups excluding carboxylic acids is 2. The molecule has 1 aromatic carbocycles. The first-order valence-corrected chi connectivity index (χ1v) is 8.72. The fourth-order valence-corrected chi connectivity index (χ4v) is 3.12. The van der Waals surface area contributed by atoms with Crippen LogP contribution in [0.2, 0.25) is 0 Å². The molecule has 0 aliphatic carbocycles. The number of hydrogen-bond donors (Lipinski definition) is 2. The van der Waals surface area contributed by atoms with E-state index in [1.54, 1.807) is 6.92 Å². The minimum absolute atomic E-state index is 0.144. The van der Waals surface area contributed by atoms with Gasteiger partial charge in [-0.3, -0.25) is 4.90 Å². The molecule has 9 heteroatoms. The maximum Gasteiger partial charge on any atom is 0.338 e. The second kappa shape index (κ2) is 8.45. The lowest BCUT2D eigenvalue weighted by Gasteiger charge is -2.33. The predicted molar refractivity (Wildman–Crippen MR) is 91.7 cm³/mol. The number of halogens is 2. The zero-order valence-electron chi connectivity index (χ0n) is 14.9. The van der Waals surface area contributed by atoms with Crippen molar-refractivity contribution in [2.24, 2.45) is 0 Å². The number of amides is 2. The van der Waals surface area contributed by atoms with Crippen molar-refractivity contribution in [3.8, 4) is 0 Å². The molecule has 0 radical (unpaired) electrons. The molecule has 2 aliphatic heterocycles. The minimum Gasteiger partial charge on any atom is -0.463 e. The molecule has 0 spiro atoms. The fraction of sp³-hybridized carbons (Fsp3) is 0.444. The van der Waals surface area contributed by atoms with Crippen molar-refractivity contribution >= 4 is 12.0 Å². The van der Waals surface area contributed by atoms with E-state index in [0.717, 1.165) is 12.1 Å². The number of rotatable bonds is 5. The van der Waals surface area contributed by atoms with E-state index in [4.69, 9.17) is 9.47 Å². The van der Waals surface area contributed by atoms with Gasteiger partial charge < -0.3 is 20.1 Å². The summed E-state index contributed by atoms with van der Waals surface area (Å²) in [5.41, 5.74) is 0.814. The Labute approximate surface area is 155 Å². The Morgan fingerprint density at radius 2 is 2.04 bits per heavy atom. The van der Waals surface area contributed by atoms with Crippen molar-refractivity contribution in [2.45, 2.75) is 13.0 Å². The molecule has 2 heterocycles. The van der Waals surface area contributed by atoms with E-state index in [1.165, 1.54) is 6.07 Å². The van der Waals surface area contributed by atoms with Gasteiger partial charge in [-0.05, 0) is 24.6 Å². The second-order valence-corrected chi connectivity index (χ2v) is 6.21. The highest BCUT2D eigenvalue weighted by Crippen LogP contribution is 2.29. The third-order valence-corrected chi connectivity index (χ3v) is 4.41. The van der Waals surface area contributed by atoms with Gasteiger partial charge in [-0.2, -0.15) is 0 Å². The van der Waals surface area contributed by atoms with E-state index >= 15 is 0 Å². The molecular formula is C18H21F2N3O4. The number of esters is 1. The highest BCUT2D eigenvalue weighted by atomic mass is 19.2. The van der Waals surface area contributed by atoms with Gasteiger partial charge >= 0.3 is 12.0 Å². The summed E-state index contributed by atoms with van der Waals surface area (Å²) < 4.78 is 37.5. The number of nitrogens with zero attached hydrogens (tertiary/aromatic N) is 1. The van der Waals surface area contributed by atoms with Crippen LogP contribution in [0.1, 0.15) is 18.5 Å². The number of ether oxygens (including phenoxy) is 2. The maximum atomic E-state index is 13.7. The molecule has 1 saturated heterocycles. The molecule has 2 N–H and O–H groups in total. The molecule has 0 aromatic heterocycles. The average molecular weight is 381 g/mol. The highest BCUT2D eigenvalue weighted by molar-refractivity contribution is 5.95. The van der Waals surface area contributed by atoms with Crippen LogP contribution in [-0.2, 0) is 14.3 Å². The van der Waals surface area contributed by atoms with Crippen LogP contribution in [-0.4, -0.2) is 56.4 Å². The average Bonchev–Trinajstić information content (AvgIpc) is 2.64. The summed E-state index contributed by atoms with van der Waals surface area (Å²) in [5.74, 6) is -2.68. The molecule has 3 rings (SSSR count). The van der Waals surface area contributed by atoms with Gasteiger partial charge in [0, 0.05) is 25.3 Å². The van der Waals surface area contributed by atoms with Crippen LogP contribution in [0.4, 0.5) is 13.6 Å². The third kappa shape index (κ3) is 4.42. The van der Waals surface area contributed by atoms with Gasteiger partial charge in [-0.15, -0.1) is 0 Å². The summed E-state index contributed by atoms with van der Waals surface area (Å²) in [6, 6.07) is 1.80. The largest absolute Gasteiger partial charge is 0.463 e. The van der Waals surface area contributed by atoms with E-state index < -0.39 is 29.7 Å². The van der Waals surface area contributed by atoms with Crippen LogP contribution < -0.4 is 10.6 Å². The molecule has 1 unspecified atom stereocenters. The van der Waals surface area contributed by atoms with Gasteiger partial charge in [0.2, 0.25) is 0 Å². The summed E-state index contributed by atoms with van der Waals surface area (Å²) >= 11 is 0. The SMILES string of the molecule is CCOC(=O)C1=C(CN2CCOCC2)NC(=O)NC1c1ccc(F)c(F)c1. The lowest BCUT2D eigenvalue weighted by molar-refractivity contribution is -0.139. The second-order valence-electron chi connectivity index (χ2n) is 6.21. The monoisotopic (exact) mass is 381 g/mol. The maximum absolute atomic E-state index is 13.7. The van der Waals surface area contributed by atoms with Crippen LogP contribution in [0.25, 0.3) is 0 Å². The van der Waals surface area contributed by atoms with Crippen molar-refractivity contribution in [3.63, 3.8) is 0 Å². The number of carbonyl (C=O) groups is 2. The summed E-state index contributed by atoms with van der Waals surface area (Å²) in [6.07, 6.45) is 0. The van der Waals surface area contributed by atoms with Crippen LogP contribution in [0.15, 0.2) is 29.5 Å². The molecule has 7 nitrogen and oxygen atoms in total. The van der Waals surface area contributed by atoms with Crippen molar-refractivity contribution in [3.05, 3.63) is 46.7 Å². The molecule has 0 bridgehead atoms. The molecule has 1 fully saturated rings. The van der Waals surface area contributed by atoms with Gasteiger partial charge in [0.05, 0.1) is 31.4 Å². The first kappa shape index (κ1) is 19.2. The normalized spacial score (nSPS) is 20.9. The molecule has 2 amide bonds. The molecule has 0 saturated carbocycles. The van der Waals surface area contributed by atoms with Gasteiger partial charge in [-0.25, -0.2) is 18.4 Å². The van der Waals surface area contributed by atoms with Crippen LogP contribution in [0.3, 0.4) is 0 Å². The van der Waals surface area contributed by atoms with E-state index in [0.29, 0.717) is 38.5 Å². The molecule has 2 aliphatic rings.